The molecule has 5 heteroatoms. The number of hydrogen-bond donors (Lipinski definition) is 0. The van der Waals surface area contributed by atoms with Crippen LogP contribution >= 0.6 is 8.37 Å². The van der Waals surface area contributed by atoms with E-state index in [9.17, 15) is 0 Å². The second-order valence-electron chi connectivity index (χ2n) is 6.59. The average Bonchev–Trinajstić information content (AvgIpc) is 2.25. The van der Waals surface area contributed by atoms with Crippen molar-refractivity contribution in [2.75, 3.05) is 26.2 Å². The third kappa shape index (κ3) is 3.29. The molecule has 116 valence electrons. The Balaban J connectivity index is 2.42. The normalized spacial score (nSPS) is 24.6. The zero-order valence-electron chi connectivity index (χ0n) is 14.0. The molecular formula is C15H31N4P. The van der Waals surface area contributed by atoms with Gasteiger partial charge in [0.05, 0.1) is 0 Å². The lowest BCUT2D eigenvalue weighted by Gasteiger charge is -2.52. The van der Waals surface area contributed by atoms with Crippen molar-refractivity contribution in [3.05, 3.63) is 12.4 Å². The van der Waals surface area contributed by atoms with Crippen molar-refractivity contribution in [3.63, 3.8) is 0 Å². The standard InChI is InChI=1S/C15H31N4P/c1-13(2)17-10-7-16-8-11-18(14(3)4)20(17)19(12-9-16)15(5)6/h7,10,13-15H,8-9,11-12H2,1-6H3/b10-7-. The van der Waals surface area contributed by atoms with Gasteiger partial charge in [0.15, 0.2) is 0 Å². The maximum Gasteiger partial charge on any atom is 0.149 e. The Morgan fingerprint density at radius 3 is 1.60 bits per heavy atom. The second kappa shape index (κ2) is 6.64. The maximum absolute atomic E-state index is 2.71. The van der Waals surface area contributed by atoms with Crippen LogP contribution in [0.5, 0.6) is 0 Å². The van der Waals surface area contributed by atoms with Gasteiger partial charge in [0.25, 0.3) is 0 Å². The van der Waals surface area contributed by atoms with Crippen LogP contribution in [-0.4, -0.2) is 63.2 Å². The first-order valence-corrected chi connectivity index (χ1v) is 9.15. The van der Waals surface area contributed by atoms with Crippen LogP contribution in [0.2, 0.25) is 0 Å². The quantitative estimate of drug-likeness (QED) is 0.742. The summed E-state index contributed by atoms with van der Waals surface area (Å²) in [6.45, 7) is 18.6. The van der Waals surface area contributed by atoms with E-state index in [0.717, 1.165) is 13.1 Å². The molecule has 3 aliphatic rings. The summed E-state index contributed by atoms with van der Waals surface area (Å²) in [6.07, 6.45) is 4.64. The molecule has 0 saturated carbocycles. The minimum Gasteiger partial charge on any atom is -0.374 e. The van der Waals surface area contributed by atoms with Gasteiger partial charge in [0, 0.05) is 56.7 Å². The summed E-state index contributed by atoms with van der Waals surface area (Å²) in [5.41, 5.74) is 0. The van der Waals surface area contributed by atoms with Gasteiger partial charge < -0.3 is 9.57 Å². The molecule has 3 aliphatic heterocycles. The maximum atomic E-state index is 2.71. The predicted octanol–water partition coefficient (Wildman–Crippen LogP) is 3.14. The molecule has 1 fully saturated rings. The summed E-state index contributed by atoms with van der Waals surface area (Å²) in [7, 11) is -0.400. The smallest absolute Gasteiger partial charge is 0.149 e. The monoisotopic (exact) mass is 298 g/mol. The Kier molecular flexibility index (Phi) is 5.33. The van der Waals surface area contributed by atoms with E-state index in [-0.39, 0.29) is 0 Å². The van der Waals surface area contributed by atoms with Crippen LogP contribution in [0.15, 0.2) is 12.4 Å². The molecule has 0 unspecified atom stereocenters. The van der Waals surface area contributed by atoms with E-state index >= 15 is 0 Å². The van der Waals surface area contributed by atoms with Crippen molar-refractivity contribution in [3.8, 4) is 0 Å². The van der Waals surface area contributed by atoms with E-state index in [4.69, 9.17) is 0 Å². The lowest BCUT2D eigenvalue weighted by atomic mass is 10.3. The number of fused-ring (bicyclic) bond motifs is 5. The molecule has 0 radical (unpaired) electrons. The van der Waals surface area contributed by atoms with Crippen molar-refractivity contribution in [2.24, 2.45) is 0 Å². The fraction of sp³-hybridized carbons (Fsp3) is 0.867. The molecule has 0 atom stereocenters. The van der Waals surface area contributed by atoms with Crippen molar-refractivity contribution in [1.29, 1.82) is 0 Å². The van der Waals surface area contributed by atoms with E-state index < -0.39 is 8.37 Å². The molecule has 0 aliphatic carbocycles. The van der Waals surface area contributed by atoms with Crippen LogP contribution in [0.3, 0.4) is 0 Å². The first-order valence-electron chi connectivity index (χ1n) is 7.95. The summed E-state index contributed by atoms with van der Waals surface area (Å²) in [5, 5.41) is 0. The summed E-state index contributed by atoms with van der Waals surface area (Å²) in [4.78, 5) is 2.48. The van der Waals surface area contributed by atoms with Crippen molar-refractivity contribution >= 4 is 8.37 Å². The van der Waals surface area contributed by atoms with Gasteiger partial charge in [0.2, 0.25) is 0 Å². The summed E-state index contributed by atoms with van der Waals surface area (Å²) in [5.74, 6) is 0. The average molecular weight is 298 g/mol. The van der Waals surface area contributed by atoms with Crippen molar-refractivity contribution < 1.29 is 0 Å². The first kappa shape index (κ1) is 16.1. The largest absolute Gasteiger partial charge is 0.374 e. The molecule has 3 heterocycles. The molecular weight excluding hydrogens is 267 g/mol. The molecule has 0 amide bonds. The zero-order valence-corrected chi connectivity index (χ0v) is 14.8. The molecule has 20 heavy (non-hydrogen) atoms. The van der Waals surface area contributed by atoms with Gasteiger partial charge in [-0.05, 0) is 41.5 Å². The van der Waals surface area contributed by atoms with Crippen LogP contribution in [-0.2, 0) is 0 Å². The number of hydrogen-bond acceptors (Lipinski definition) is 4. The first-order chi connectivity index (χ1) is 9.41. The van der Waals surface area contributed by atoms with Gasteiger partial charge in [-0.3, -0.25) is 0 Å². The van der Waals surface area contributed by atoms with Gasteiger partial charge in [-0.15, -0.1) is 0 Å². The minimum atomic E-state index is -0.400. The fourth-order valence-corrected chi connectivity index (χ4v) is 5.63. The van der Waals surface area contributed by atoms with E-state index in [0.29, 0.717) is 18.1 Å². The van der Waals surface area contributed by atoms with Crippen LogP contribution in [0, 0.1) is 0 Å². The Morgan fingerprint density at radius 1 is 0.700 bits per heavy atom. The molecule has 0 aromatic heterocycles. The molecule has 2 bridgehead atoms. The minimum absolute atomic E-state index is 0.400. The van der Waals surface area contributed by atoms with E-state index in [1.54, 1.807) is 0 Å². The summed E-state index contributed by atoms with van der Waals surface area (Å²) >= 11 is 0. The van der Waals surface area contributed by atoms with Gasteiger partial charge in [-0.1, -0.05) is 0 Å². The van der Waals surface area contributed by atoms with Crippen molar-refractivity contribution in [1.82, 2.24) is 18.9 Å². The predicted molar refractivity (Wildman–Crippen MR) is 88.3 cm³/mol. The second-order valence-corrected chi connectivity index (χ2v) is 8.62. The van der Waals surface area contributed by atoms with Crippen LogP contribution in [0.25, 0.3) is 0 Å². The van der Waals surface area contributed by atoms with Crippen LogP contribution in [0.1, 0.15) is 41.5 Å². The van der Waals surface area contributed by atoms with E-state index in [1.165, 1.54) is 13.1 Å². The molecule has 0 N–H and O–H groups in total. The number of rotatable bonds is 3. The Labute approximate surface area is 126 Å². The molecule has 4 nitrogen and oxygen atoms in total. The molecule has 0 aromatic carbocycles. The molecule has 1 saturated heterocycles. The summed E-state index contributed by atoms with van der Waals surface area (Å²) < 4.78 is 8.01. The summed E-state index contributed by atoms with van der Waals surface area (Å²) in [6, 6.07) is 1.73. The van der Waals surface area contributed by atoms with Crippen molar-refractivity contribution in [2.45, 2.75) is 59.7 Å². The zero-order chi connectivity index (χ0) is 14.9. The Bertz CT molecular complexity index is 323. The van der Waals surface area contributed by atoms with Gasteiger partial charge in [-0.25, -0.2) is 9.34 Å². The van der Waals surface area contributed by atoms with Gasteiger partial charge in [-0.2, -0.15) is 0 Å². The van der Waals surface area contributed by atoms with Gasteiger partial charge in [0.1, 0.15) is 8.37 Å². The highest BCUT2D eigenvalue weighted by Crippen LogP contribution is 2.52. The fourth-order valence-electron chi connectivity index (χ4n) is 2.84. The lowest BCUT2D eigenvalue weighted by molar-refractivity contribution is 0.200. The van der Waals surface area contributed by atoms with E-state index in [2.05, 4.69) is 72.9 Å². The molecule has 3 rings (SSSR count). The molecule has 0 aromatic rings. The van der Waals surface area contributed by atoms with Crippen LogP contribution in [0.4, 0.5) is 0 Å². The lowest BCUT2D eigenvalue weighted by Crippen LogP contribution is -2.51. The Morgan fingerprint density at radius 2 is 1.20 bits per heavy atom. The number of nitrogens with zero attached hydrogens (tertiary/aromatic N) is 4. The third-order valence-electron chi connectivity index (χ3n) is 4.05. The van der Waals surface area contributed by atoms with Gasteiger partial charge >= 0.3 is 0 Å². The third-order valence-corrected chi connectivity index (χ3v) is 7.30. The highest BCUT2D eigenvalue weighted by atomic mass is 31.2. The highest BCUT2D eigenvalue weighted by Gasteiger charge is 2.37. The Hall–Kier alpha value is -0.310. The SMILES string of the molecule is CC(C)N1/C=C\N2CCN(C(C)C)P1N(C(C)C)CC2. The van der Waals surface area contributed by atoms with Crippen LogP contribution < -0.4 is 0 Å². The molecule has 0 spiro atoms. The topological polar surface area (TPSA) is 13.0 Å². The van der Waals surface area contributed by atoms with E-state index in [1.807, 2.05) is 0 Å². The highest BCUT2D eigenvalue weighted by molar-refractivity contribution is 7.50.